The summed E-state index contributed by atoms with van der Waals surface area (Å²) in [5.41, 5.74) is 0. The van der Waals surface area contributed by atoms with Gasteiger partial charge in [0.15, 0.2) is 0 Å². The molecule has 0 aromatic carbocycles. The molecule has 0 fully saturated rings. The van der Waals surface area contributed by atoms with E-state index in [9.17, 15) is 4.79 Å². The number of ether oxygens (including phenoxy) is 1. The van der Waals surface area contributed by atoms with Gasteiger partial charge in [-0.15, -0.1) is 11.3 Å². The first kappa shape index (κ1) is 10.2. The Morgan fingerprint density at radius 3 is 2.92 bits per heavy atom. The number of amides is 1. The lowest BCUT2D eigenvalue weighted by Gasteiger charge is -2.17. The molecule has 13 heavy (non-hydrogen) atoms. The van der Waals surface area contributed by atoms with Crippen LogP contribution < -0.4 is 4.90 Å². The Labute approximate surface area is 81.9 Å². The van der Waals surface area contributed by atoms with Crippen molar-refractivity contribution in [2.45, 2.75) is 6.92 Å². The molecular weight excluding hydrogens is 186 g/mol. The van der Waals surface area contributed by atoms with Crippen molar-refractivity contribution in [1.29, 1.82) is 0 Å². The van der Waals surface area contributed by atoms with Crippen molar-refractivity contribution in [3.8, 4) is 0 Å². The van der Waals surface area contributed by atoms with Crippen LogP contribution in [0.15, 0.2) is 17.5 Å². The highest BCUT2D eigenvalue weighted by atomic mass is 32.1. The number of nitrogens with zero attached hydrogens (tertiary/aromatic N) is 1. The number of likely N-dealkylation sites (N-methyl/N-ethyl adjacent to an activating group) is 1. The number of methoxy groups -OCH3 is 1. The minimum Gasteiger partial charge on any atom is -0.375 e. The molecule has 1 rings (SSSR count). The lowest BCUT2D eigenvalue weighted by molar-refractivity contribution is -0.122. The van der Waals surface area contributed by atoms with Crippen molar-refractivity contribution in [3.05, 3.63) is 17.5 Å². The average Bonchev–Trinajstić information content (AvgIpc) is 2.59. The summed E-state index contributed by atoms with van der Waals surface area (Å²) in [6.07, 6.45) is 0. The van der Waals surface area contributed by atoms with E-state index in [-0.39, 0.29) is 12.5 Å². The van der Waals surface area contributed by atoms with Crippen molar-refractivity contribution in [2.24, 2.45) is 0 Å². The standard InChI is InChI=1S/C9H13NO2S/c1-3-10(8(11)7-12-2)9-5-4-6-13-9/h4-6H,3,7H2,1-2H3. The molecule has 0 spiro atoms. The number of thiophene rings is 1. The topological polar surface area (TPSA) is 29.5 Å². The van der Waals surface area contributed by atoms with E-state index in [1.807, 2.05) is 24.4 Å². The predicted octanol–water partition coefficient (Wildman–Crippen LogP) is 1.75. The van der Waals surface area contributed by atoms with Crippen molar-refractivity contribution in [2.75, 3.05) is 25.2 Å². The van der Waals surface area contributed by atoms with Gasteiger partial charge in [-0.3, -0.25) is 4.79 Å². The van der Waals surface area contributed by atoms with Gasteiger partial charge in [-0.05, 0) is 24.4 Å². The summed E-state index contributed by atoms with van der Waals surface area (Å²) in [5.74, 6) is 0.00690. The molecule has 0 radical (unpaired) electrons. The van der Waals surface area contributed by atoms with Crippen LogP contribution in [-0.2, 0) is 9.53 Å². The number of rotatable bonds is 4. The fourth-order valence-corrected chi connectivity index (χ4v) is 1.89. The van der Waals surface area contributed by atoms with Crippen LogP contribution >= 0.6 is 11.3 Å². The minimum atomic E-state index is 0.00690. The molecule has 1 aromatic heterocycles. The second-order valence-corrected chi connectivity index (χ2v) is 3.45. The van der Waals surface area contributed by atoms with Crippen LogP contribution in [0.25, 0.3) is 0 Å². The molecular formula is C9H13NO2S. The van der Waals surface area contributed by atoms with Gasteiger partial charge < -0.3 is 9.64 Å². The maximum atomic E-state index is 11.5. The summed E-state index contributed by atoms with van der Waals surface area (Å²) in [5, 5.41) is 2.93. The van der Waals surface area contributed by atoms with E-state index in [4.69, 9.17) is 4.74 Å². The molecule has 0 aliphatic rings. The molecule has 72 valence electrons. The van der Waals surface area contributed by atoms with Crippen LogP contribution in [-0.4, -0.2) is 26.2 Å². The third-order valence-corrected chi connectivity index (χ3v) is 2.55. The highest BCUT2D eigenvalue weighted by Gasteiger charge is 2.13. The van der Waals surface area contributed by atoms with Crippen LogP contribution in [0.4, 0.5) is 5.00 Å². The lowest BCUT2D eigenvalue weighted by atomic mass is 10.4. The highest BCUT2D eigenvalue weighted by Crippen LogP contribution is 2.20. The summed E-state index contributed by atoms with van der Waals surface area (Å²) in [4.78, 5) is 13.2. The quantitative estimate of drug-likeness (QED) is 0.739. The molecule has 0 saturated heterocycles. The summed E-state index contributed by atoms with van der Waals surface area (Å²) >= 11 is 1.56. The molecule has 0 atom stereocenters. The molecule has 3 nitrogen and oxygen atoms in total. The zero-order chi connectivity index (χ0) is 9.68. The van der Waals surface area contributed by atoms with E-state index in [2.05, 4.69) is 0 Å². The molecule has 1 amide bonds. The van der Waals surface area contributed by atoms with Crippen molar-refractivity contribution >= 4 is 22.2 Å². The van der Waals surface area contributed by atoms with E-state index < -0.39 is 0 Å². The van der Waals surface area contributed by atoms with E-state index in [1.54, 1.807) is 16.2 Å². The van der Waals surface area contributed by atoms with E-state index in [1.165, 1.54) is 7.11 Å². The van der Waals surface area contributed by atoms with Crippen molar-refractivity contribution in [3.63, 3.8) is 0 Å². The zero-order valence-corrected chi connectivity index (χ0v) is 8.63. The fourth-order valence-electron chi connectivity index (χ4n) is 1.08. The van der Waals surface area contributed by atoms with Gasteiger partial charge in [-0.25, -0.2) is 0 Å². The Kier molecular flexibility index (Phi) is 3.92. The van der Waals surface area contributed by atoms with Gasteiger partial charge in [0.2, 0.25) is 0 Å². The second kappa shape index (κ2) is 4.99. The first-order valence-electron chi connectivity index (χ1n) is 4.12. The first-order valence-corrected chi connectivity index (χ1v) is 5.00. The van der Waals surface area contributed by atoms with Crippen LogP contribution in [0.3, 0.4) is 0 Å². The molecule has 0 aliphatic carbocycles. The molecule has 0 unspecified atom stereocenters. The number of anilines is 1. The number of hydrogen-bond acceptors (Lipinski definition) is 3. The monoisotopic (exact) mass is 199 g/mol. The van der Waals surface area contributed by atoms with Crippen LogP contribution in [0, 0.1) is 0 Å². The summed E-state index contributed by atoms with van der Waals surface area (Å²) in [6, 6.07) is 3.87. The van der Waals surface area contributed by atoms with Gasteiger partial charge in [0.05, 0.1) is 5.00 Å². The van der Waals surface area contributed by atoms with E-state index in [0.717, 1.165) is 5.00 Å². The molecule has 1 aromatic rings. The zero-order valence-electron chi connectivity index (χ0n) is 7.82. The normalized spacial score (nSPS) is 10.0. The van der Waals surface area contributed by atoms with Gasteiger partial charge >= 0.3 is 0 Å². The summed E-state index contributed by atoms with van der Waals surface area (Å²) < 4.78 is 4.80. The molecule has 4 heteroatoms. The predicted molar refractivity (Wildman–Crippen MR) is 54.2 cm³/mol. The van der Waals surface area contributed by atoms with Crippen LogP contribution in [0.1, 0.15) is 6.92 Å². The number of carbonyl (C=O) groups is 1. The Balaban J connectivity index is 2.68. The Bertz CT molecular complexity index is 259. The van der Waals surface area contributed by atoms with E-state index in [0.29, 0.717) is 6.54 Å². The van der Waals surface area contributed by atoms with Gasteiger partial charge in [-0.1, -0.05) is 0 Å². The third-order valence-electron chi connectivity index (χ3n) is 1.66. The minimum absolute atomic E-state index is 0.00690. The van der Waals surface area contributed by atoms with Gasteiger partial charge in [-0.2, -0.15) is 0 Å². The molecule has 0 aliphatic heterocycles. The first-order chi connectivity index (χ1) is 6.29. The number of carbonyl (C=O) groups excluding carboxylic acids is 1. The number of hydrogen-bond donors (Lipinski definition) is 0. The molecule has 1 heterocycles. The van der Waals surface area contributed by atoms with E-state index >= 15 is 0 Å². The second-order valence-electron chi connectivity index (χ2n) is 2.52. The highest BCUT2D eigenvalue weighted by molar-refractivity contribution is 7.14. The SMILES string of the molecule is CCN(C(=O)COC)c1cccs1. The smallest absolute Gasteiger partial charge is 0.253 e. The summed E-state index contributed by atoms with van der Waals surface area (Å²) in [6.45, 7) is 2.78. The Morgan fingerprint density at radius 1 is 1.69 bits per heavy atom. The largest absolute Gasteiger partial charge is 0.375 e. The van der Waals surface area contributed by atoms with Crippen molar-refractivity contribution < 1.29 is 9.53 Å². The Morgan fingerprint density at radius 2 is 2.46 bits per heavy atom. The lowest BCUT2D eigenvalue weighted by Crippen LogP contribution is -2.32. The summed E-state index contributed by atoms with van der Waals surface area (Å²) in [7, 11) is 1.53. The average molecular weight is 199 g/mol. The maximum absolute atomic E-state index is 11.5. The van der Waals surface area contributed by atoms with Gasteiger partial charge in [0.25, 0.3) is 5.91 Å². The van der Waals surface area contributed by atoms with Crippen LogP contribution in [0.2, 0.25) is 0 Å². The fraction of sp³-hybridized carbons (Fsp3) is 0.444. The van der Waals surface area contributed by atoms with Crippen LogP contribution in [0.5, 0.6) is 0 Å². The van der Waals surface area contributed by atoms with Crippen molar-refractivity contribution in [1.82, 2.24) is 0 Å². The molecule has 0 bridgehead atoms. The Hall–Kier alpha value is -0.870. The molecule has 0 saturated carbocycles. The molecule has 0 N–H and O–H groups in total. The van der Waals surface area contributed by atoms with Gasteiger partial charge in [0.1, 0.15) is 6.61 Å². The third kappa shape index (κ3) is 2.54. The maximum Gasteiger partial charge on any atom is 0.253 e. The van der Waals surface area contributed by atoms with Gasteiger partial charge in [0, 0.05) is 13.7 Å².